The Morgan fingerprint density at radius 2 is 1.96 bits per heavy atom. The summed E-state index contributed by atoms with van der Waals surface area (Å²) in [6.45, 7) is 3.66. The van der Waals surface area contributed by atoms with Crippen LogP contribution in [0.15, 0.2) is 55.1 Å². The van der Waals surface area contributed by atoms with Crippen LogP contribution in [0.25, 0.3) is 11.8 Å². The number of esters is 1. The second-order valence-corrected chi connectivity index (χ2v) is 5.70. The zero-order chi connectivity index (χ0) is 18.9. The first-order valence-electron chi connectivity index (χ1n) is 8.26. The van der Waals surface area contributed by atoms with Crippen molar-refractivity contribution >= 4 is 17.7 Å². The van der Waals surface area contributed by atoms with Crippen molar-refractivity contribution in [3.05, 3.63) is 71.8 Å². The van der Waals surface area contributed by atoms with Gasteiger partial charge in [0.15, 0.2) is 0 Å². The number of ether oxygens (including phenoxy) is 2. The van der Waals surface area contributed by atoms with E-state index >= 15 is 0 Å². The Morgan fingerprint density at radius 3 is 2.58 bits per heavy atom. The maximum Gasteiger partial charge on any atom is 0.330 e. The second-order valence-electron chi connectivity index (χ2n) is 5.70. The van der Waals surface area contributed by atoms with Crippen molar-refractivity contribution in [2.24, 2.45) is 5.73 Å². The van der Waals surface area contributed by atoms with Gasteiger partial charge in [0.1, 0.15) is 11.5 Å². The lowest BCUT2D eigenvalue weighted by molar-refractivity contribution is -0.137. The summed E-state index contributed by atoms with van der Waals surface area (Å²) < 4.78 is 10.1. The van der Waals surface area contributed by atoms with Gasteiger partial charge in [0.05, 0.1) is 13.7 Å². The number of hydrogen-bond acceptors (Lipinski definition) is 5. The molecule has 0 radical (unpaired) electrons. The van der Waals surface area contributed by atoms with E-state index in [1.165, 1.54) is 0 Å². The zero-order valence-electron chi connectivity index (χ0n) is 14.8. The van der Waals surface area contributed by atoms with E-state index in [-0.39, 0.29) is 5.75 Å². The molecule has 136 valence electrons. The molecule has 0 aliphatic heterocycles. The predicted octanol–water partition coefficient (Wildman–Crippen LogP) is 3.52. The summed E-state index contributed by atoms with van der Waals surface area (Å²) in [5, 5.41) is 10.2. The molecule has 0 aliphatic carbocycles. The molecule has 0 saturated carbocycles. The maximum absolute atomic E-state index is 11.0. The Kier molecular flexibility index (Phi) is 6.85. The van der Waals surface area contributed by atoms with Gasteiger partial charge in [-0.15, -0.1) is 0 Å². The number of rotatable bonds is 8. The van der Waals surface area contributed by atoms with Gasteiger partial charge in [-0.3, -0.25) is 0 Å². The van der Waals surface area contributed by atoms with E-state index < -0.39 is 5.97 Å². The molecule has 0 aromatic heterocycles. The van der Waals surface area contributed by atoms with E-state index in [1.54, 1.807) is 19.3 Å². The molecule has 0 bridgehead atoms. The Balaban J connectivity index is 2.01. The van der Waals surface area contributed by atoms with Gasteiger partial charge in [0.25, 0.3) is 0 Å². The maximum atomic E-state index is 11.0. The molecule has 5 nitrogen and oxygen atoms in total. The van der Waals surface area contributed by atoms with Crippen molar-refractivity contribution in [1.82, 2.24) is 0 Å². The fraction of sp³-hybridized carbons (Fsp3) is 0.190. The molecular weight excluding hydrogens is 330 g/mol. The minimum absolute atomic E-state index is 0.155. The van der Waals surface area contributed by atoms with E-state index in [0.717, 1.165) is 23.0 Å². The summed E-state index contributed by atoms with van der Waals surface area (Å²) in [6.07, 6.45) is 4.23. The summed E-state index contributed by atoms with van der Waals surface area (Å²) in [4.78, 5) is 11.0. The first kappa shape index (κ1) is 19.1. The van der Waals surface area contributed by atoms with Crippen LogP contribution in [0.2, 0.25) is 0 Å². The van der Waals surface area contributed by atoms with E-state index in [0.29, 0.717) is 30.7 Å². The molecular formula is C21H23NO4. The van der Waals surface area contributed by atoms with Crippen molar-refractivity contribution in [3.8, 4) is 11.5 Å². The van der Waals surface area contributed by atoms with Crippen molar-refractivity contribution in [1.29, 1.82) is 0 Å². The lowest BCUT2D eigenvalue weighted by atomic mass is 10.0. The highest BCUT2D eigenvalue weighted by atomic mass is 16.5. The number of hydrogen-bond donors (Lipinski definition) is 2. The summed E-state index contributed by atoms with van der Waals surface area (Å²) in [6, 6.07) is 12.8. The molecule has 5 heteroatoms. The normalized spacial score (nSPS) is 11.0. The molecule has 3 N–H and O–H groups in total. The minimum Gasteiger partial charge on any atom is -0.507 e. The standard InChI is InChI=1S/C21H23NO4/c1-3-21(24)26-12-4-5-15-6-7-17(20(23)13-15)14-19(22)16-8-10-18(25-2)11-9-16/h3,6-11,13-14,23H,1,4-5,12,22H2,2H3/b19-14-. The molecule has 0 saturated heterocycles. The van der Waals surface area contributed by atoms with Gasteiger partial charge in [-0.05, 0) is 60.4 Å². The average molecular weight is 353 g/mol. The van der Waals surface area contributed by atoms with Crippen molar-refractivity contribution in [2.75, 3.05) is 13.7 Å². The van der Waals surface area contributed by atoms with Gasteiger partial charge in [-0.2, -0.15) is 0 Å². The third-order valence-corrected chi connectivity index (χ3v) is 3.85. The van der Waals surface area contributed by atoms with Crippen LogP contribution >= 0.6 is 0 Å². The smallest absolute Gasteiger partial charge is 0.330 e. The van der Waals surface area contributed by atoms with Gasteiger partial charge in [0.2, 0.25) is 0 Å². The highest BCUT2D eigenvalue weighted by molar-refractivity contribution is 5.81. The molecule has 0 spiro atoms. The van der Waals surface area contributed by atoms with Crippen LogP contribution in [-0.2, 0) is 16.0 Å². The second kappa shape index (κ2) is 9.32. The van der Waals surface area contributed by atoms with Crippen LogP contribution in [0.3, 0.4) is 0 Å². The number of phenolic OH excluding ortho intramolecular Hbond substituents is 1. The van der Waals surface area contributed by atoms with Gasteiger partial charge < -0.3 is 20.3 Å². The average Bonchev–Trinajstić information content (AvgIpc) is 2.67. The molecule has 26 heavy (non-hydrogen) atoms. The number of carbonyl (C=O) groups is 1. The Morgan fingerprint density at radius 1 is 1.23 bits per heavy atom. The number of nitrogens with two attached hydrogens (primary N) is 1. The summed E-state index contributed by atoms with van der Waals surface area (Å²) in [5.74, 6) is 0.483. The van der Waals surface area contributed by atoms with Crippen molar-refractivity contribution in [2.45, 2.75) is 12.8 Å². The van der Waals surface area contributed by atoms with Crippen LogP contribution in [0, 0.1) is 0 Å². The quantitative estimate of drug-likeness (QED) is 0.328. The monoisotopic (exact) mass is 353 g/mol. The number of benzene rings is 2. The Labute approximate surface area is 153 Å². The molecule has 0 amide bonds. The third kappa shape index (κ3) is 5.41. The first-order valence-corrected chi connectivity index (χ1v) is 8.26. The topological polar surface area (TPSA) is 81.8 Å². The molecule has 0 fully saturated rings. The van der Waals surface area contributed by atoms with Gasteiger partial charge in [-0.1, -0.05) is 18.7 Å². The molecule has 2 aromatic carbocycles. The number of aryl methyl sites for hydroxylation is 1. The molecule has 0 aliphatic rings. The van der Waals surface area contributed by atoms with Crippen molar-refractivity contribution < 1.29 is 19.4 Å². The largest absolute Gasteiger partial charge is 0.507 e. The highest BCUT2D eigenvalue weighted by Gasteiger charge is 2.04. The molecule has 2 rings (SSSR count). The first-order chi connectivity index (χ1) is 12.5. The fourth-order valence-electron chi connectivity index (χ4n) is 2.41. The molecule has 0 atom stereocenters. The van der Waals surface area contributed by atoms with E-state index in [1.807, 2.05) is 36.4 Å². The highest BCUT2D eigenvalue weighted by Crippen LogP contribution is 2.24. The third-order valence-electron chi connectivity index (χ3n) is 3.85. The summed E-state index contributed by atoms with van der Waals surface area (Å²) in [7, 11) is 1.61. The summed E-state index contributed by atoms with van der Waals surface area (Å²) in [5.41, 5.74) is 9.11. The van der Waals surface area contributed by atoms with Crippen LogP contribution < -0.4 is 10.5 Å². The predicted molar refractivity (Wildman–Crippen MR) is 103 cm³/mol. The number of methoxy groups -OCH3 is 1. The number of phenols is 1. The SMILES string of the molecule is C=CC(=O)OCCCc1ccc(/C=C(\N)c2ccc(OC)cc2)c(O)c1. The molecule has 0 unspecified atom stereocenters. The fourth-order valence-corrected chi connectivity index (χ4v) is 2.41. The van der Waals surface area contributed by atoms with Gasteiger partial charge in [-0.25, -0.2) is 4.79 Å². The number of carbonyl (C=O) groups excluding carboxylic acids is 1. The van der Waals surface area contributed by atoms with Gasteiger partial charge in [0, 0.05) is 17.3 Å². The van der Waals surface area contributed by atoms with Crippen LogP contribution in [0.4, 0.5) is 0 Å². The summed E-state index contributed by atoms with van der Waals surface area (Å²) >= 11 is 0. The van der Waals surface area contributed by atoms with E-state index in [9.17, 15) is 9.90 Å². The van der Waals surface area contributed by atoms with Gasteiger partial charge >= 0.3 is 5.97 Å². The van der Waals surface area contributed by atoms with Crippen molar-refractivity contribution in [3.63, 3.8) is 0 Å². The zero-order valence-corrected chi connectivity index (χ0v) is 14.8. The van der Waals surface area contributed by atoms with Crippen LogP contribution in [-0.4, -0.2) is 24.8 Å². The minimum atomic E-state index is -0.428. The Hall–Kier alpha value is -3.21. The Bertz CT molecular complexity index is 794. The van der Waals surface area contributed by atoms with E-state index in [2.05, 4.69) is 6.58 Å². The van der Waals surface area contributed by atoms with E-state index in [4.69, 9.17) is 15.2 Å². The molecule has 0 heterocycles. The number of aromatic hydroxyl groups is 1. The molecule has 2 aromatic rings. The van der Waals surface area contributed by atoms with Crippen LogP contribution in [0.5, 0.6) is 11.5 Å². The van der Waals surface area contributed by atoms with Crippen LogP contribution in [0.1, 0.15) is 23.1 Å². The lowest BCUT2D eigenvalue weighted by Gasteiger charge is -2.07. The lowest BCUT2D eigenvalue weighted by Crippen LogP contribution is -2.02.